The molecule has 0 saturated heterocycles. The molecule has 1 atom stereocenters. The van der Waals surface area contributed by atoms with Crippen molar-refractivity contribution in [3.63, 3.8) is 0 Å². The van der Waals surface area contributed by atoms with E-state index >= 15 is 0 Å². The van der Waals surface area contributed by atoms with Crippen LogP contribution in [-0.4, -0.2) is 18.5 Å². The summed E-state index contributed by atoms with van der Waals surface area (Å²) in [6.45, 7) is 7.65. The van der Waals surface area contributed by atoms with Gasteiger partial charge in [0.2, 0.25) is 0 Å². The van der Waals surface area contributed by atoms with Crippen LogP contribution in [-0.2, 0) is 6.54 Å². The van der Waals surface area contributed by atoms with E-state index in [9.17, 15) is 0 Å². The van der Waals surface area contributed by atoms with Crippen LogP contribution in [0.5, 0.6) is 0 Å². The normalized spacial score (nSPS) is 13.1. The number of nitrogens with zero attached hydrogens (tertiary/aromatic N) is 2. The molecule has 1 aromatic rings. The molecule has 0 aliphatic rings. The standard InChI is InChI=1S/C13H20N2O/c1-10(2)12(7-14)8-15(4)9-13-6-5-11(3)16-13/h5-6,10,12H,8-9H2,1-4H3. The number of hydrogen-bond donors (Lipinski definition) is 0. The Balaban J connectivity index is 2.47. The monoisotopic (exact) mass is 220 g/mol. The third kappa shape index (κ3) is 3.71. The van der Waals surface area contributed by atoms with Crippen LogP contribution in [0.4, 0.5) is 0 Å². The van der Waals surface area contributed by atoms with Gasteiger partial charge in [-0.05, 0) is 32.0 Å². The molecule has 0 aliphatic carbocycles. The average molecular weight is 220 g/mol. The summed E-state index contributed by atoms with van der Waals surface area (Å²) in [5, 5.41) is 9.02. The summed E-state index contributed by atoms with van der Waals surface area (Å²) in [5.74, 6) is 2.37. The number of furan rings is 1. The third-order valence-electron chi connectivity index (χ3n) is 2.70. The lowest BCUT2D eigenvalue weighted by molar-refractivity contribution is 0.246. The van der Waals surface area contributed by atoms with Gasteiger partial charge in [-0.15, -0.1) is 0 Å². The molecular formula is C13H20N2O. The Labute approximate surface area is 97.7 Å². The van der Waals surface area contributed by atoms with Gasteiger partial charge in [-0.1, -0.05) is 13.8 Å². The smallest absolute Gasteiger partial charge is 0.118 e. The van der Waals surface area contributed by atoms with E-state index < -0.39 is 0 Å². The van der Waals surface area contributed by atoms with E-state index in [0.29, 0.717) is 5.92 Å². The van der Waals surface area contributed by atoms with Crippen LogP contribution >= 0.6 is 0 Å². The molecule has 16 heavy (non-hydrogen) atoms. The highest BCUT2D eigenvalue weighted by Gasteiger charge is 2.15. The van der Waals surface area contributed by atoms with Crippen LogP contribution in [0.3, 0.4) is 0 Å². The Hall–Kier alpha value is -1.27. The molecule has 3 heteroatoms. The predicted molar refractivity (Wildman–Crippen MR) is 63.7 cm³/mol. The maximum Gasteiger partial charge on any atom is 0.118 e. The lowest BCUT2D eigenvalue weighted by Gasteiger charge is -2.20. The van der Waals surface area contributed by atoms with E-state index in [-0.39, 0.29) is 5.92 Å². The van der Waals surface area contributed by atoms with Crippen LogP contribution in [0.2, 0.25) is 0 Å². The van der Waals surface area contributed by atoms with Crippen molar-refractivity contribution in [1.82, 2.24) is 4.90 Å². The summed E-state index contributed by atoms with van der Waals surface area (Å²) in [6, 6.07) is 6.31. The zero-order valence-corrected chi connectivity index (χ0v) is 10.5. The SMILES string of the molecule is Cc1ccc(CN(C)CC(C#N)C(C)C)o1. The molecule has 0 spiro atoms. The minimum Gasteiger partial charge on any atom is -0.465 e. The van der Waals surface area contributed by atoms with Crippen LogP contribution in [0, 0.1) is 30.1 Å². The lowest BCUT2D eigenvalue weighted by Crippen LogP contribution is -2.27. The number of aryl methyl sites for hydroxylation is 1. The summed E-state index contributed by atoms with van der Waals surface area (Å²) in [4.78, 5) is 2.13. The Bertz CT molecular complexity index is 362. The fourth-order valence-corrected chi connectivity index (χ4v) is 1.64. The third-order valence-corrected chi connectivity index (χ3v) is 2.70. The minimum atomic E-state index is 0.0843. The Kier molecular flexibility index (Phi) is 4.57. The van der Waals surface area contributed by atoms with Gasteiger partial charge in [-0.25, -0.2) is 0 Å². The van der Waals surface area contributed by atoms with E-state index in [1.165, 1.54) is 0 Å². The molecule has 0 amide bonds. The highest BCUT2D eigenvalue weighted by atomic mass is 16.3. The van der Waals surface area contributed by atoms with Gasteiger partial charge in [0.15, 0.2) is 0 Å². The Morgan fingerprint density at radius 3 is 2.56 bits per heavy atom. The fourth-order valence-electron chi connectivity index (χ4n) is 1.64. The van der Waals surface area contributed by atoms with Crippen LogP contribution in [0.15, 0.2) is 16.5 Å². The predicted octanol–water partition coefficient (Wildman–Crippen LogP) is 2.82. The van der Waals surface area contributed by atoms with Crippen molar-refractivity contribution >= 4 is 0 Å². The van der Waals surface area contributed by atoms with Crippen molar-refractivity contribution in [2.75, 3.05) is 13.6 Å². The number of hydrogen-bond acceptors (Lipinski definition) is 3. The first-order valence-corrected chi connectivity index (χ1v) is 5.66. The molecule has 3 nitrogen and oxygen atoms in total. The Morgan fingerprint density at radius 2 is 2.12 bits per heavy atom. The van der Waals surface area contributed by atoms with E-state index in [2.05, 4.69) is 24.8 Å². The van der Waals surface area contributed by atoms with Gasteiger partial charge in [0, 0.05) is 6.54 Å². The molecule has 0 N–H and O–H groups in total. The molecule has 0 aliphatic heterocycles. The van der Waals surface area contributed by atoms with Gasteiger partial charge in [-0.3, -0.25) is 4.90 Å². The topological polar surface area (TPSA) is 40.2 Å². The second kappa shape index (κ2) is 5.72. The van der Waals surface area contributed by atoms with E-state index in [4.69, 9.17) is 9.68 Å². The molecule has 0 saturated carbocycles. The summed E-state index contributed by atoms with van der Waals surface area (Å²) in [5.41, 5.74) is 0. The molecule has 0 aromatic carbocycles. The van der Waals surface area contributed by atoms with Crippen molar-refractivity contribution in [2.45, 2.75) is 27.3 Å². The quantitative estimate of drug-likeness (QED) is 0.766. The highest BCUT2D eigenvalue weighted by molar-refractivity contribution is 5.05. The summed E-state index contributed by atoms with van der Waals surface area (Å²) >= 11 is 0. The second-order valence-corrected chi connectivity index (χ2v) is 4.69. The van der Waals surface area contributed by atoms with E-state index in [0.717, 1.165) is 24.6 Å². The van der Waals surface area contributed by atoms with Gasteiger partial charge in [0.1, 0.15) is 11.5 Å². The van der Waals surface area contributed by atoms with Crippen molar-refractivity contribution < 1.29 is 4.42 Å². The molecule has 0 radical (unpaired) electrons. The van der Waals surface area contributed by atoms with E-state index in [1.54, 1.807) is 0 Å². The number of rotatable bonds is 5. The first-order chi connectivity index (χ1) is 7.52. The zero-order chi connectivity index (χ0) is 12.1. The summed E-state index contributed by atoms with van der Waals surface area (Å²) in [7, 11) is 2.02. The first-order valence-electron chi connectivity index (χ1n) is 5.66. The summed E-state index contributed by atoms with van der Waals surface area (Å²) in [6.07, 6.45) is 0. The van der Waals surface area contributed by atoms with Crippen LogP contribution < -0.4 is 0 Å². The highest BCUT2D eigenvalue weighted by Crippen LogP contribution is 2.13. The molecular weight excluding hydrogens is 200 g/mol. The fraction of sp³-hybridized carbons (Fsp3) is 0.615. The molecule has 0 bridgehead atoms. The van der Waals surface area contributed by atoms with Crippen LogP contribution in [0.1, 0.15) is 25.4 Å². The molecule has 1 rings (SSSR count). The van der Waals surface area contributed by atoms with Gasteiger partial charge in [0.25, 0.3) is 0 Å². The van der Waals surface area contributed by atoms with Crippen molar-refractivity contribution in [3.05, 3.63) is 23.7 Å². The minimum absolute atomic E-state index is 0.0843. The molecule has 88 valence electrons. The van der Waals surface area contributed by atoms with Gasteiger partial charge in [0.05, 0.1) is 18.5 Å². The first kappa shape index (κ1) is 12.8. The average Bonchev–Trinajstić information content (AvgIpc) is 2.60. The molecule has 1 heterocycles. The second-order valence-electron chi connectivity index (χ2n) is 4.69. The molecule has 1 aromatic heterocycles. The zero-order valence-electron chi connectivity index (χ0n) is 10.5. The number of nitriles is 1. The van der Waals surface area contributed by atoms with Gasteiger partial charge >= 0.3 is 0 Å². The maximum atomic E-state index is 9.02. The van der Waals surface area contributed by atoms with Gasteiger partial charge < -0.3 is 4.42 Å². The van der Waals surface area contributed by atoms with Crippen molar-refractivity contribution in [2.24, 2.45) is 11.8 Å². The van der Waals surface area contributed by atoms with E-state index in [1.807, 2.05) is 26.1 Å². The maximum absolute atomic E-state index is 9.02. The molecule has 0 fully saturated rings. The summed E-state index contributed by atoms with van der Waals surface area (Å²) < 4.78 is 5.51. The lowest BCUT2D eigenvalue weighted by atomic mass is 9.97. The van der Waals surface area contributed by atoms with Crippen molar-refractivity contribution in [1.29, 1.82) is 5.26 Å². The van der Waals surface area contributed by atoms with Gasteiger partial charge in [-0.2, -0.15) is 5.26 Å². The van der Waals surface area contributed by atoms with Crippen LogP contribution in [0.25, 0.3) is 0 Å². The van der Waals surface area contributed by atoms with Crippen molar-refractivity contribution in [3.8, 4) is 6.07 Å². The Morgan fingerprint density at radius 1 is 1.44 bits per heavy atom. The largest absolute Gasteiger partial charge is 0.465 e. The molecule has 1 unspecified atom stereocenters.